The van der Waals surface area contributed by atoms with E-state index in [-0.39, 0.29) is 5.78 Å². The van der Waals surface area contributed by atoms with E-state index in [0.717, 1.165) is 36.2 Å². The standard InChI is InChI=1S/C15H17N3O/c1-18-10-11(9-17-18)8-15(19)13-4-2-6-14-12(13)5-3-7-16-14/h2,4,6,9-10,16H,3,5,7-8H2,1H3. The molecule has 4 nitrogen and oxygen atoms in total. The summed E-state index contributed by atoms with van der Waals surface area (Å²) in [7, 11) is 1.86. The van der Waals surface area contributed by atoms with Gasteiger partial charge in [0.05, 0.1) is 6.20 Å². The van der Waals surface area contributed by atoms with Crippen molar-refractivity contribution in [3.63, 3.8) is 0 Å². The third-order valence-electron chi connectivity index (χ3n) is 3.52. The van der Waals surface area contributed by atoms with E-state index in [9.17, 15) is 4.79 Å². The van der Waals surface area contributed by atoms with Gasteiger partial charge in [-0.2, -0.15) is 5.10 Å². The molecular formula is C15H17N3O. The molecular weight excluding hydrogens is 238 g/mol. The number of Topliss-reactive ketones (excluding diaryl/α,β-unsaturated/α-hetero) is 1. The van der Waals surface area contributed by atoms with Gasteiger partial charge in [-0.3, -0.25) is 9.48 Å². The number of nitrogens with zero attached hydrogens (tertiary/aromatic N) is 2. The first-order valence-corrected chi connectivity index (χ1v) is 6.60. The van der Waals surface area contributed by atoms with Crippen LogP contribution < -0.4 is 5.32 Å². The number of carbonyl (C=O) groups is 1. The van der Waals surface area contributed by atoms with Crippen LogP contribution in [0.5, 0.6) is 0 Å². The van der Waals surface area contributed by atoms with E-state index in [4.69, 9.17) is 0 Å². The Bertz CT molecular complexity index is 616. The molecule has 0 unspecified atom stereocenters. The number of nitrogens with one attached hydrogen (secondary N) is 1. The second-order valence-electron chi connectivity index (χ2n) is 4.98. The van der Waals surface area contributed by atoms with E-state index >= 15 is 0 Å². The number of aromatic nitrogens is 2. The van der Waals surface area contributed by atoms with Gasteiger partial charge in [0.25, 0.3) is 0 Å². The number of hydrogen-bond acceptors (Lipinski definition) is 3. The normalized spacial score (nSPS) is 13.7. The van der Waals surface area contributed by atoms with Gasteiger partial charge in [-0.1, -0.05) is 12.1 Å². The first-order chi connectivity index (χ1) is 9.24. The third-order valence-corrected chi connectivity index (χ3v) is 3.52. The van der Waals surface area contributed by atoms with Crippen molar-refractivity contribution in [2.24, 2.45) is 7.05 Å². The van der Waals surface area contributed by atoms with E-state index in [1.807, 2.05) is 25.4 Å². The molecule has 0 saturated heterocycles. The zero-order valence-electron chi connectivity index (χ0n) is 11.0. The van der Waals surface area contributed by atoms with Crippen LogP contribution in [0.3, 0.4) is 0 Å². The maximum absolute atomic E-state index is 12.4. The molecule has 19 heavy (non-hydrogen) atoms. The van der Waals surface area contributed by atoms with E-state index < -0.39 is 0 Å². The van der Waals surface area contributed by atoms with Crippen LogP contribution in [-0.2, 0) is 19.9 Å². The van der Waals surface area contributed by atoms with Crippen LogP contribution in [-0.4, -0.2) is 22.1 Å². The van der Waals surface area contributed by atoms with Crippen LogP contribution in [0, 0.1) is 0 Å². The van der Waals surface area contributed by atoms with Gasteiger partial charge in [-0.05, 0) is 30.0 Å². The minimum atomic E-state index is 0.175. The molecule has 98 valence electrons. The molecule has 0 radical (unpaired) electrons. The highest BCUT2D eigenvalue weighted by Crippen LogP contribution is 2.26. The number of benzene rings is 1. The van der Waals surface area contributed by atoms with Crippen molar-refractivity contribution in [3.05, 3.63) is 47.3 Å². The van der Waals surface area contributed by atoms with Gasteiger partial charge in [0, 0.05) is 37.5 Å². The maximum atomic E-state index is 12.4. The van der Waals surface area contributed by atoms with E-state index in [1.54, 1.807) is 10.9 Å². The topological polar surface area (TPSA) is 46.9 Å². The van der Waals surface area contributed by atoms with Crippen molar-refractivity contribution in [1.29, 1.82) is 0 Å². The molecule has 1 aliphatic heterocycles. The van der Waals surface area contributed by atoms with Gasteiger partial charge >= 0.3 is 0 Å². The Hall–Kier alpha value is -2.10. The Morgan fingerprint density at radius 3 is 3.16 bits per heavy atom. The lowest BCUT2D eigenvalue weighted by Gasteiger charge is -2.20. The quantitative estimate of drug-likeness (QED) is 0.855. The number of fused-ring (bicyclic) bond motifs is 1. The second-order valence-corrected chi connectivity index (χ2v) is 4.98. The largest absolute Gasteiger partial charge is 0.385 e. The summed E-state index contributed by atoms with van der Waals surface area (Å²) in [6.07, 6.45) is 6.14. The van der Waals surface area contributed by atoms with Crippen molar-refractivity contribution in [3.8, 4) is 0 Å². The fraction of sp³-hybridized carbons (Fsp3) is 0.333. The van der Waals surface area contributed by atoms with Crippen molar-refractivity contribution in [1.82, 2.24) is 9.78 Å². The van der Waals surface area contributed by atoms with Gasteiger partial charge in [0.15, 0.2) is 5.78 Å². The summed E-state index contributed by atoms with van der Waals surface area (Å²) in [5.41, 5.74) is 4.10. The summed E-state index contributed by atoms with van der Waals surface area (Å²) in [4.78, 5) is 12.4. The van der Waals surface area contributed by atoms with Crippen LogP contribution in [0.25, 0.3) is 0 Å². The summed E-state index contributed by atoms with van der Waals surface area (Å²) in [5, 5.41) is 7.46. The predicted molar refractivity (Wildman–Crippen MR) is 74.5 cm³/mol. The molecule has 2 aromatic rings. The molecule has 0 bridgehead atoms. The molecule has 2 heterocycles. The van der Waals surface area contributed by atoms with Crippen LogP contribution in [0.15, 0.2) is 30.6 Å². The minimum Gasteiger partial charge on any atom is -0.385 e. The zero-order chi connectivity index (χ0) is 13.2. The summed E-state index contributed by atoms with van der Waals surface area (Å²) < 4.78 is 1.73. The number of carbonyl (C=O) groups excluding carboxylic acids is 1. The van der Waals surface area contributed by atoms with Gasteiger partial charge in [-0.25, -0.2) is 0 Å². The molecule has 1 N–H and O–H groups in total. The number of aryl methyl sites for hydroxylation is 1. The molecule has 0 fully saturated rings. The highest BCUT2D eigenvalue weighted by atomic mass is 16.1. The number of rotatable bonds is 3. The number of hydrogen-bond donors (Lipinski definition) is 1. The smallest absolute Gasteiger partial charge is 0.167 e. The summed E-state index contributed by atoms with van der Waals surface area (Å²) in [6, 6.07) is 5.94. The highest BCUT2D eigenvalue weighted by molar-refractivity contribution is 6.00. The van der Waals surface area contributed by atoms with Crippen LogP contribution in [0.1, 0.15) is 27.9 Å². The summed E-state index contributed by atoms with van der Waals surface area (Å²) in [5.74, 6) is 0.175. The fourth-order valence-electron chi connectivity index (χ4n) is 2.62. The molecule has 1 aromatic carbocycles. The Labute approximate surface area is 112 Å². The van der Waals surface area contributed by atoms with Gasteiger partial charge in [0.1, 0.15) is 0 Å². The lowest BCUT2D eigenvalue weighted by atomic mass is 9.93. The Kier molecular flexibility index (Phi) is 3.07. The van der Waals surface area contributed by atoms with Gasteiger partial charge < -0.3 is 5.32 Å². The van der Waals surface area contributed by atoms with E-state index in [1.165, 1.54) is 5.56 Å². The highest BCUT2D eigenvalue weighted by Gasteiger charge is 2.17. The van der Waals surface area contributed by atoms with Gasteiger partial charge in [-0.15, -0.1) is 0 Å². The van der Waals surface area contributed by atoms with Crippen LogP contribution in [0.2, 0.25) is 0 Å². The predicted octanol–water partition coefficient (Wildman–Crippen LogP) is 2.20. The van der Waals surface area contributed by atoms with Crippen molar-refractivity contribution < 1.29 is 4.79 Å². The van der Waals surface area contributed by atoms with Crippen molar-refractivity contribution in [2.45, 2.75) is 19.3 Å². The molecule has 0 amide bonds. The first kappa shape index (κ1) is 12.0. The molecule has 0 saturated carbocycles. The lowest BCUT2D eigenvalue weighted by Crippen LogP contribution is -2.16. The Morgan fingerprint density at radius 2 is 2.37 bits per heavy atom. The van der Waals surface area contributed by atoms with Crippen molar-refractivity contribution >= 4 is 11.5 Å². The number of ketones is 1. The molecule has 4 heteroatoms. The molecule has 1 aromatic heterocycles. The summed E-state index contributed by atoms with van der Waals surface area (Å²) in [6.45, 7) is 0.993. The van der Waals surface area contributed by atoms with Crippen LogP contribution >= 0.6 is 0 Å². The van der Waals surface area contributed by atoms with Gasteiger partial charge in [0.2, 0.25) is 0 Å². The monoisotopic (exact) mass is 255 g/mol. The van der Waals surface area contributed by atoms with Crippen molar-refractivity contribution in [2.75, 3.05) is 11.9 Å². The van der Waals surface area contributed by atoms with Crippen LogP contribution in [0.4, 0.5) is 5.69 Å². The first-order valence-electron chi connectivity index (χ1n) is 6.60. The average Bonchev–Trinajstić information content (AvgIpc) is 2.83. The Balaban J connectivity index is 1.87. The van der Waals surface area contributed by atoms with E-state index in [0.29, 0.717) is 6.42 Å². The molecule has 0 aliphatic carbocycles. The molecule has 0 spiro atoms. The lowest BCUT2D eigenvalue weighted by molar-refractivity contribution is 0.0992. The van der Waals surface area contributed by atoms with E-state index in [2.05, 4.69) is 16.5 Å². The average molecular weight is 255 g/mol. The fourth-order valence-corrected chi connectivity index (χ4v) is 2.62. The number of anilines is 1. The SMILES string of the molecule is Cn1cc(CC(=O)c2cccc3c2CCCN3)cn1. The zero-order valence-corrected chi connectivity index (χ0v) is 11.0. The summed E-state index contributed by atoms with van der Waals surface area (Å²) >= 11 is 0. The molecule has 1 aliphatic rings. The second kappa shape index (κ2) is 4.88. The Morgan fingerprint density at radius 1 is 1.47 bits per heavy atom. The minimum absolute atomic E-state index is 0.175. The maximum Gasteiger partial charge on any atom is 0.167 e. The molecule has 0 atom stereocenters. The third kappa shape index (κ3) is 2.38. The molecule has 3 rings (SSSR count).